The van der Waals surface area contributed by atoms with E-state index < -0.39 is 26.6 Å². The molecule has 0 saturated carbocycles. The fourth-order valence-electron chi connectivity index (χ4n) is 1.50. The summed E-state index contributed by atoms with van der Waals surface area (Å²) >= 11 is 0. The van der Waals surface area contributed by atoms with E-state index >= 15 is 0 Å². The molecule has 0 aliphatic heterocycles. The van der Waals surface area contributed by atoms with Crippen molar-refractivity contribution >= 4 is 21.4 Å². The van der Waals surface area contributed by atoms with Gasteiger partial charge in [-0.3, -0.25) is 4.72 Å². The molecule has 4 nitrogen and oxygen atoms in total. The second kappa shape index (κ2) is 4.85. The van der Waals surface area contributed by atoms with Crippen LogP contribution in [-0.2, 0) is 10.0 Å². The average molecular weight is 284 g/mol. The van der Waals surface area contributed by atoms with Crippen molar-refractivity contribution in [2.24, 2.45) is 0 Å². The Bertz CT molecular complexity index is 680. The molecule has 0 bridgehead atoms. The van der Waals surface area contributed by atoms with Gasteiger partial charge in [-0.15, -0.1) is 0 Å². The van der Waals surface area contributed by atoms with Gasteiger partial charge >= 0.3 is 0 Å². The standard InChI is InChI=1S/C12H10F2N2O2S/c13-10-2-1-3-11(14)12(10)19(17,18)16-9-6-4-8(15)5-7-9/h1-7,16H,15H2. The van der Waals surface area contributed by atoms with E-state index in [1.807, 2.05) is 0 Å². The second-order valence-electron chi connectivity index (χ2n) is 3.78. The zero-order valence-corrected chi connectivity index (χ0v) is 10.4. The summed E-state index contributed by atoms with van der Waals surface area (Å²) in [6.45, 7) is 0. The van der Waals surface area contributed by atoms with Gasteiger partial charge in [0.05, 0.1) is 0 Å². The van der Waals surface area contributed by atoms with Crippen LogP contribution in [0.5, 0.6) is 0 Å². The van der Waals surface area contributed by atoms with Gasteiger partial charge in [-0.1, -0.05) is 6.07 Å². The predicted molar refractivity (Wildman–Crippen MR) is 68.0 cm³/mol. The molecule has 0 aliphatic rings. The third-order valence-corrected chi connectivity index (χ3v) is 3.78. The van der Waals surface area contributed by atoms with E-state index in [1.54, 1.807) is 0 Å². The van der Waals surface area contributed by atoms with Gasteiger partial charge in [0.2, 0.25) is 0 Å². The first kappa shape index (κ1) is 13.3. The van der Waals surface area contributed by atoms with E-state index in [-0.39, 0.29) is 5.69 Å². The van der Waals surface area contributed by atoms with Crippen LogP contribution in [0.1, 0.15) is 0 Å². The van der Waals surface area contributed by atoms with Crippen molar-refractivity contribution in [3.8, 4) is 0 Å². The summed E-state index contributed by atoms with van der Waals surface area (Å²) < 4.78 is 52.8. The Hall–Kier alpha value is -2.15. The molecule has 0 fully saturated rings. The summed E-state index contributed by atoms with van der Waals surface area (Å²) in [5.74, 6) is -2.30. The zero-order chi connectivity index (χ0) is 14.0. The number of hydrogen-bond acceptors (Lipinski definition) is 3. The van der Waals surface area contributed by atoms with Crippen molar-refractivity contribution in [1.29, 1.82) is 0 Å². The highest BCUT2D eigenvalue weighted by Gasteiger charge is 2.23. The van der Waals surface area contributed by atoms with Gasteiger partial charge in [0.1, 0.15) is 11.6 Å². The quantitative estimate of drug-likeness (QED) is 0.850. The first-order chi connectivity index (χ1) is 8.90. The predicted octanol–water partition coefficient (Wildman–Crippen LogP) is 2.35. The fraction of sp³-hybridized carbons (Fsp3) is 0. The fourth-order valence-corrected chi connectivity index (χ4v) is 2.69. The van der Waals surface area contributed by atoms with Gasteiger partial charge in [-0.25, -0.2) is 17.2 Å². The van der Waals surface area contributed by atoms with Gasteiger partial charge < -0.3 is 5.73 Å². The number of nitrogens with one attached hydrogen (secondary N) is 1. The molecule has 0 heterocycles. The van der Waals surface area contributed by atoms with Gasteiger partial charge in [-0.2, -0.15) is 0 Å². The van der Waals surface area contributed by atoms with Crippen molar-refractivity contribution in [2.45, 2.75) is 4.90 Å². The number of nitrogens with two attached hydrogens (primary N) is 1. The van der Waals surface area contributed by atoms with Crippen LogP contribution in [0, 0.1) is 11.6 Å². The molecular formula is C12H10F2N2O2S. The second-order valence-corrected chi connectivity index (χ2v) is 5.40. The number of benzene rings is 2. The molecule has 0 unspecified atom stereocenters. The van der Waals surface area contributed by atoms with E-state index in [4.69, 9.17) is 5.73 Å². The molecule has 0 aromatic heterocycles. The molecule has 19 heavy (non-hydrogen) atoms. The molecule has 0 aliphatic carbocycles. The first-order valence-corrected chi connectivity index (χ1v) is 6.71. The summed E-state index contributed by atoms with van der Waals surface area (Å²) in [7, 11) is -4.33. The Morgan fingerprint density at radius 2 is 1.47 bits per heavy atom. The highest BCUT2D eigenvalue weighted by Crippen LogP contribution is 2.22. The summed E-state index contributed by atoms with van der Waals surface area (Å²) in [6.07, 6.45) is 0. The largest absolute Gasteiger partial charge is 0.399 e. The van der Waals surface area contributed by atoms with Gasteiger partial charge in [0.15, 0.2) is 4.90 Å². The molecule has 0 atom stereocenters. The molecule has 100 valence electrons. The third kappa shape index (κ3) is 2.82. The summed E-state index contributed by atoms with van der Waals surface area (Å²) in [5.41, 5.74) is 6.06. The van der Waals surface area contributed by atoms with Gasteiger partial charge in [-0.05, 0) is 36.4 Å². The Labute approximate surface area is 108 Å². The Kier molecular flexibility index (Phi) is 3.39. The van der Waals surface area contributed by atoms with E-state index in [0.717, 1.165) is 18.2 Å². The number of hydrogen-bond donors (Lipinski definition) is 2. The molecule has 2 aromatic rings. The highest BCUT2D eigenvalue weighted by molar-refractivity contribution is 7.92. The number of rotatable bonds is 3. The van der Waals surface area contributed by atoms with Crippen molar-refractivity contribution < 1.29 is 17.2 Å². The summed E-state index contributed by atoms with van der Waals surface area (Å²) in [5, 5.41) is 0. The monoisotopic (exact) mass is 284 g/mol. The topological polar surface area (TPSA) is 72.2 Å². The Morgan fingerprint density at radius 1 is 0.947 bits per heavy atom. The minimum atomic E-state index is -4.33. The summed E-state index contributed by atoms with van der Waals surface area (Å²) in [4.78, 5) is -1.01. The molecule has 2 rings (SSSR count). The number of anilines is 2. The van der Waals surface area contributed by atoms with Crippen molar-refractivity contribution in [1.82, 2.24) is 0 Å². The lowest BCUT2D eigenvalue weighted by atomic mass is 10.3. The maximum Gasteiger partial charge on any atom is 0.267 e. The van der Waals surface area contributed by atoms with E-state index in [9.17, 15) is 17.2 Å². The minimum Gasteiger partial charge on any atom is -0.399 e. The molecule has 0 saturated heterocycles. The molecular weight excluding hydrogens is 274 g/mol. The average Bonchev–Trinajstić information content (AvgIpc) is 2.31. The van der Waals surface area contributed by atoms with E-state index in [0.29, 0.717) is 5.69 Å². The van der Waals surface area contributed by atoms with Crippen LogP contribution in [0.3, 0.4) is 0 Å². The number of sulfonamides is 1. The SMILES string of the molecule is Nc1ccc(NS(=O)(=O)c2c(F)cccc2F)cc1. The van der Waals surface area contributed by atoms with Crippen molar-refractivity contribution in [2.75, 3.05) is 10.5 Å². The molecule has 0 amide bonds. The van der Waals surface area contributed by atoms with Gasteiger partial charge in [0.25, 0.3) is 10.0 Å². The van der Waals surface area contributed by atoms with Crippen molar-refractivity contribution in [3.05, 3.63) is 54.1 Å². The lowest BCUT2D eigenvalue weighted by Gasteiger charge is -2.09. The van der Waals surface area contributed by atoms with E-state index in [2.05, 4.69) is 4.72 Å². The summed E-state index contributed by atoms with van der Waals surface area (Å²) in [6, 6.07) is 8.57. The van der Waals surface area contributed by atoms with Crippen LogP contribution in [0.2, 0.25) is 0 Å². The number of nitrogen functional groups attached to an aromatic ring is 1. The lowest BCUT2D eigenvalue weighted by molar-refractivity contribution is 0.521. The zero-order valence-electron chi connectivity index (χ0n) is 9.60. The van der Waals surface area contributed by atoms with Crippen LogP contribution in [-0.4, -0.2) is 8.42 Å². The highest BCUT2D eigenvalue weighted by atomic mass is 32.2. The smallest absolute Gasteiger partial charge is 0.267 e. The lowest BCUT2D eigenvalue weighted by Crippen LogP contribution is -2.16. The van der Waals surface area contributed by atoms with Crippen LogP contribution in [0.25, 0.3) is 0 Å². The van der Waals surface area contributed by atoms with Crippen LogP contribution in [0.15, 0.2) is 47.4 Å². The normalized spacial score (nSPS) is 11.3. The molecule has 0 spiro atoms. The van der Waals surface area contributed by atoms with Crippen LogP contribution in [0.4, 0.5) is 20.2 Å². The molecule has 0 radical (unpaired) electrons. The molecule has 3 N–H and O–H groups in total. The van der Waals surface area contributed by atoms with Crippen LogP contribution >= 0.6 is 0 Å². The first-order valence-electron chi connectivity index (χ1n) is 5.22. The Morgan fingerprint density at radius 3 is 2.00 bits per heavy atom. The van der Waals surface area contributed by atoms with Crippen molar-refractivity contribution in [3.63, 3.8) is 0 Å². The maximum absolute atomic E-state index is 13.4. The number of halogens is 2. The minimum absolute atomic E-state index is 0.164. The van der Waals surface area contributed by atoms with Crippen LogP contribution < -0.4 is 10.5 Å². The van der Waals surface area contributed by atoms with Gasteiger partial charge in [0, 0.05) is 11.4 Å². The molecule has 2 aromatic carbocycles. The molecule has 7 heteroatoms. The maximum atomic E-state index is 13.4. The Balaban J connectivity index is 2.41. The third-order valence-electron chi connectivity index (χ3n) is 2.35. The van der Waals surface area contributed by atoms with E-state index in [1.165, 1.54) is 24.3 Å².